The van der Waals surface area contributed by atoms with E-state index in [1.54, 1.807) is 6.92 Å². The van der Waals surface area contributed by atoms with E-state index in [9.17, 15) is 19.1 Å². The van der Waals surface area contributed by atoms with Crippen molar-refractivity contribution in [1.82, 2.24) is 4.98 Å². The number of ether oxygens (including phenoxy) is 1. The molecule has 0 saturated carbocycles. The molecule has 0 unspecified atom stereocenters. The summed E-state index contributed by atoms with van der Waals surface area (Å²) in [5.74, 6) is -1.79. The van der Waals surface area contributed by atoms with Gasteiger partial charge in [-0.3, -0.25) is 9.59 Å². The van der Waals surface area contributed by atoms with Gasteiger partial charge >= 0.3 is 5.97 Å². The minimum atomic E-state index is -0.499. The van der Waals surface area contributed by atoms with Gasteiger partial charge in [0.25, 0.3) is 0 Å². The Hall–Kier alpha value is -2.47. The highest BCUT2D eigenvalue weighted by atomic mass is 35.5. The Kier molecular flexibility index (Phi) is 5.87. The zero-order valence-electron chi connectivity index (χ0n) is 12.9. The summed E-state index contributed by atoms with van der Waals surface area (Å²) in [6.07, 6.45) is -0.241. The standard InChI is InChI=1S/C17H15ClFNO4/c1-2-24-16(23)8-7-15(22)17-14(21)6-5-13(20-17)11-4-3-10(19)9-12(11)18/h3-6,9,21H,2,7-8H2,1H3. The second kappa shape index (κ2) is 7.88. The fourth-order valence-electron chi connectivity index (χ4n) is 2.07. The number of esters is 1. The quantitative estimate of drug-likeness (QED) is 0.633. The zero-order chi connectivity index (χ0) is 17.7. The molecule has 24 heavy (non-hydrogen) atoms. The zero-order valence-corrected chi connectivity index (χ0v) is 13.6. The summed E-state index contributed by atoms with van der Waals surface area (Å²) in [6, 6.07) is 6.56. The highest BCUT2D eigenvalue weighted by Crippen LogP contribution is 2.29. The maximum atomic E-state index is 13.1. The van der Waals surface area contributed by atoms with Crippen molar-refractivity contribution < 1.29 is 23.8 Å². The molecule has 0 fully saturated rings. The lowest BCUT2D eigenvalue weighted by Crippen LogP contribution is -2.09. The first-order valence-electron chi connectivity index (χ1n) is 7.26. The van der Waals surface area contributed by atoms with Crippen LogP contribution in [0.5, 0.6) is 5.75 Å². The summed E-state index contributed by atoms with van der Waals surface area (Å²) in [6.45, 7) is 1.90. The predicted molar refractivity (Wildman–Crippen MR) is 86.5 cm³/mol. The number of nitrogens with zero attached hydrogens (tertiary/aromatic N) is 1. The van der Waals surface area contributed by atoms with Gasteiger partial charge in [0.2, 0.25) is 0 Å². The highest BCUT2D eigenvalue weighted by Gasteiger charge is 2.17. The van der Waals surface area contributed by atoms with Crippen LogP contribution in [0.15, 0.2) is 30.3 Å². The molecule has 5 nitrogen and oxygen atoms in total. The van der Waals surface area contributed by atoms with Gasteiger partial charge in [-0.05, 0) is 37.3 Å². The normalized spacial score (nSPS) is 10.5. The van der Waals surface area contributed by atoms with Crippen LogP contribution >= 0.6 is 11.6 Å². The molecule has 0 amide bonds. The van der Waals surface area contributed by atoms with Crippen LogP contribution in [0.2, 0.25) is 5.02 Å². The number of ketones is 1. The van der Waals surface area contributed by atoms with Gasteiger partial charge in [0.1, 0.15) is 17.3 Å². The van der Waals surface area contributed by atoms with Crippen LogP contribution in [0.25, 0.3) is 11.3 Å². The lowest BCUT2D eigenvalue weighted by atomic mass is 10.1. The fraction of sp³-hybridized carbons (Fsp3) is 0.235. The van der Waals surface area contributed by atoms with E-state index in [0.29, 0.717) is 11.3 Å². The fourth-order valence-corrected chi connectivity index (χ4v) is 2.34. The average molecular weight is 352 g/mol. The second-order valence-corrected chi connectivity index (χ2v) is 5.32. The Morgan fingerprint density at radius 1 is 1.25 bits per heavy atom. The molecule has 0 aliphatic carbocycles. The number of rotatable bonds is 6. The Labute approximate surface area is 143 Å². The van der Waals surface area contributed by atoms with Crippen LogP contribution in [-0.2, 0) is 9.53 Å². The molecular formula is C17H15ClFNO4. The number of Topliss-reactive ketones (excluding diaryl/α,β-unsaturated/α-hetero) is 1. The SMILES string of the molecule is CCOC(=O)CCC(=O)c1nc(-c2ccc(F)cc2Cl)ccc1O. The lowest BCUT2D eigenvalue weighted by Gasteiger charge is -2.08. The van der Waals surface area contributed by atoms with Crippen LogP contribution in [0.1, 0.15) is 30.3 Å². The smallest absolute Gasteiger partial charge is 0.306 e. The van der Waals surface area contributed by atoms with E-state index in [2.05, 4.69) is 4.98 Å². The molecule has 0 spiro atoms. The summed E-state index contributed by atoms with van der Waals surface area (Å²) in [7, 11) is 0. The summed E-state index contributed by atoms with van der Waals surface area (Å²) in [5, 5.41) is 9.98. The van der Waals surface area contributed by atoms with Gasteiger partial charge in [-0.15, -0.1) is 0 Å². The first-order chi connectivity index (χ1) is 11.4. The molecule has 0 saturated heterocycles. The van der Waals surface area contributed by atoms with E-state index >= 15 is 0 Å². The molecule has 1 aromatic heterocycles. The van der Waals surface area contributed by atoms with Crippen molar-refractivity contribution in [2.75, 3.05) is 6.61 Å². The van der Waals surface area contributed by atoms with Gasteiger partial charge in [0.15, 0.2) is 5.78 Å². The van der Waals surface area contributed by atoms with E-state index in [4.69, 9.17) is 16.3 Å². The largest absolute Gasteiger partial charge is 0.506 e. The van der Waals surface area contributed by atoms with Crippen molar-refractivity contribution in [2.45, 2.75) is 19.8 Å². The van der Waals surface area contributed by atoms with E-state index in [1.807, 2.05) is 0 Å². The number of aromatic hydroxyl groups is 1. The molecule has 126 valence electrons. The number of halogens is 2. The van der Waals surface area contributed by atoms with E-state index in [-0.39, 0.29) is 35.9 Å². The number of carbonyl (C=O) groups excluding carboxylic acids is 2. The molecule has 0 aliphatic rings. The number of pyridine rings is 1. The Bertz CT molecular complexity index is 779. The molecule has 2 rings (SSSR count). The number of hydrogen-bond donors (Lipinski definition) is 1. The van der Waals surface area contributed by atoms with Gasteiger partial charge in [0, 0.05) is 12.0 Å². The molecule has 0 radical (unpaired) electrons. The van der Waals surface area contributed by atoms with Crippen LogP contribution in [0.4, 0.5) is 4.39 Å². The number of hydrogen-bond acceptors (Lipinski definition) is 5. The Balaban J connectivity index is 2.25. The first-order valence-corrected chi connectivity index (χ1v) is 7.64. The van der Waals surface area contributed by atoms with Gasteiger partial charge in [-0.1, -0.05) is 11.6 Å². The molecule has 2 aromatic rings. The molecule has 1 N–H and O–H groups in total. The topological polar surface area (TPSA) is 76.5 Å². The molecular weight excluding hydrogens is 337 g/mol. The molecule has 0 bridgehead atoms. The monoisotopic (exact) mass is 351 g/mol. The summed E-state index contributed by atoms with van der Waals surface area (Å²) >= 11 is 5.98. The maximum Gasteiger partial charge on any atom is 0.306 e. The van der Waals surface area contributed by atoms with Crippen molar-refractivity contribution in [3.8, 4) is 17.0 Å². The van der Waals surface area contributed by atoms with Crippen molar-refractivity contribution in [1.29, 1.82) is 0 Å². The molecule has 7 heteroatoms. The van der Waals surface area contributed by atoms with Crippen molar-refractivity contribution in [2.24, 2.45) is 0 Å². The molecule has 1 heterocycles. The maximum absolute atomic E-state index is 13.1. The Morgan fingerprint density at radius 3 is 2.67 bits per heavy atom. The van der Waals surface area contributed by atoms with Crippen molar-refractivity contribution in [3.63, 3.8) is 0 Å². The summed E-state index contributed by atoms with van der Waals surface area (Å²) in [4.78, 5) is 27.6. The van der Waals surface area contributed by atoms with Gasteiger partial charge < -0.3 is 9.84 Å². The molecule has 0 atom stereocenters. The third-order valence-electron chi connectivity index (χ3n) is 3.21. The number of aromatic nitrogens is 1. The van der Waals surface area contributed by atoms with E-state index < -0.39 is 17.6 Å². The van der Waals surface area contributed by atoms with Gasteiger partial charge in [0.05, 0.1) is 23.7 Å². The average Bonchev–Trinajstić information content (AvgIpc) is 2.54. The van der Waals surface area contributed by atoms with Crippen LogP contribution in [0, 0.1) is 5.82 Å². The Morgan fingerprint density at radius 2 is 2.00 bits per heavy atom. The first kappa shape index (κ1) is 17.9. The third kappa shape index (κ3) is 4.29. The minimum absolute atomic E-state index is 0.102. The number of carbonyl (C=O) groups is 2. The van der Waals surface area contributed by atoms with E-state index in [0.717, 1.165) is 6.07 Å². The minimum Gasteiger partial charge on any atom is -0.506 e. The van der Waals surface area contributed by atoms with Crippen LogP contribution < -0.4 is 0 Å². The molecule has 0 aliphatic heterocycles. The van der Waals surface area contributed by atoms with Gasteiger partial charge in [-0.25, -0.2) is 9.37 Å². The highest BCUT2D eigenvalue weighted by molar-refractivity contribution is 6.33. The lowest BCUT2D eigenvalue weighted by molar-refractivity contribution is -0.143. The number of benzene rings is 1. The van der Waals surface area contributed by atoms with Crippen molar-refractivity contribution >= 4 is 23.4 Å². The van der Waals surface area contributed by atoms with Gasteiger partial charge in [-0.2, -0.15) is 0 Å². The summed E-state index contributed by atoms with van der Waals surface area (Å²) in [5.41, 5.74) is 0.576. The van der Waals surface area contributed by atoms with E-state index in [1.165, 1.54) is 24.3 Å². The van der Waals surface area contributed by atoms with Crippen LogP contribution in [0.3, 0.4) is 0 Å². The van der Waals surface area contributed by atoms with Crippen LogP contribution in [-0.4, -0.2) is 28.4 Å². The molecule has 1 aromatic carbocycles. The summed E-state index contributed by atoms with van der Waals surface area (Å²) < 4.78 is 17.9. The predicted octanol–water partition coefficient (Wildman–Crippen LogP) is 3.77. The van der Waals surface area contributed by atoms with Crippen molar-refractivity contribution in [3.05, 3.63) is 46.9 Å². The second-order valence-electron chi connectivity index (χ2n) is 4.92. The third-order valence-corrected chi connectivity index (χ3v) is 3.52.